The number of fused-ring (bicyclic) bond motifs is 2. The van der Waals surface area contributed by atoms with E-state index in [-0.39, 0.29) is 0 Å². The number of aliphatic hydroxyl groups excluding tert-OH is 1. The zero-order chi connectivity index (χ0) is 17.9. The lowest BCUT2D eigenvalue weighted by Gasteiger charge is -2.34. The Hall–Kier alpha value is -2.14. The van der Waals surface area contributed by atoms with Crippen LogP contribution in [0, 0.1) is 0 Å². The van der Waals surface area contributed by atoms with Gasteiger partial charge in [0.05, 0.1) is 24.0 Å². The van der Waals surface area contributed by atoms with Crippen LogP contribution < -0.4 is 10.2 Å². The van der Waals surface area contributed by atoms with Crippen molar-refractivity contribution >= 4 is 40.4 Å². The van der Waals surface area contributed by atoms with Crippen LogP contribution in [0.25, 0.3) is 0 Å². The van der Waals surface area contributed by atoms with Crippen LogP contribution in [0.15, 0.2) is 82.6 Å². The highest BCUT2D eigenvalue weighted by atomic mass is 35.5. The lowest BCUT2D eigenvalue weighted by molar-refractivity contribution is 0.195. The summed E-state index contributed by atoms with van der Waals surface area (Å²) in [5.41, 5.74) is 3.23. The first-order valence-corrected chi connectivity index (χ1v) is 9.71. The summed E-state index contributed by atoms with van der Waals surface area (Å²) in [6.45, 7) is 0.991. The fourth-order valence-electron chi connectivity index (χ4n) is 3.06. The summed E-state index contributed by atoms with van der Waals surface area (Å²) in [5, 5.41) is 14.6. The zero-order valence-corrected chi connectivity index (χ0v) is 15.7. The molecule has 1 unspecified atom stereocenters. The molecule has 0 saturated carbocycles. The van der Waals surface area contributed by atoms with E-state index in [2.05, 4.69) is 46.6 Å². The molecule has 26 heavy (non-hydrogen) atoms. The summed E-state index contributed by atoms with van der Waals surface area (Å²) in [6.07, 6.45) is -0.519. The van der Waals surface area contributed by atoms with Crippen molar-refractivity contribution in [3.05, 3.63) is 77.8 Å². The van der Waals surface area contributed by atoms with E-state index < -0.39 is 6.10 Å². The van der Waals surface area contributed by atoms with E-state index in [4.69, 9.17) is 11.6 Å². The van der Waals surface area contributed by atoms with Gasteiger partial charge in [0.2, 0.25) is 0 Å². The van der Waals surface area contributed by atoms with Gasteiger partial charge in [-0.25, -0.2) is 0 Å². The lowest BCUT2D eigenvalue weighted by atomic mass is 10.2. The smallest absolute Gasteiger partial charge is 0.0891 e. The molecule has 0 radical (unpaired) electrons. The maximum atomic E-state index is 10.6. The molecule has 0 saturated heterocycles. The van der Waals surface area contributed by atoms with Crippen molar-refractivity contribution < 1.29 is 5.11 Å². The van der Waals surface area contributed by atoms with E-state index in [1.807, 2.05) is 36.4 Å². The molecule has 0 bridgehead atoms. The third-order valence-corrected chi connectivity index (χ3v) is 5.69. The predicted octanol–water partition coefficient (Wildman–Crippen LogP) is 5.42. The van der Waals surface area contributed by atoms with Gasteiger partial charge in [0, 0.05) is 27.0 Å². The summed E-state index contributed by atoms with van der Waals surface area (Å²) in [7, 11) is 0. The third kappa shape index (κ3) is 3.68. The number of nitrogens with zero attached hydrogens (tertiary/aromatic N) is 1. The first-order chi connectivity index (χ1) is 12.7. The van der Waals surface area contributed by atoms with Gasteiger partial charge >= 0.3 is 0 Å². The van der Waals surface area contributed by atoms with Crippen LogP contribution in [0.1, 0.15) is 0 Å². The second-order valence-corrected chi connectivity index (χ2v) is 7.71. The van der Waals surface area contributed by atoms with Crippen molar-refractivity contribution in [2.24, 2.45) is 0 Å². The topological polar surface area (TPSA) is 35.5 Å². The number of rotatable bonds is 5. The van der Waals surface area contributed by atoms with Crippen LogP contribution in [0.5, 0.6) is 0 Å². The van der Waals surface area contributed by atoms with Gasteiger partial charge < -0.3 is 15.3 Å². The molecule has 3 aromatic carbocycles. The second-order valence-electron chi connectivity index (χ2n) is 6.19. The van der Waals surface area contributed by atoms with E-state index in [1.165, 1.54) is 9.79 Å². The summed E-state index contributed by atoms with van der Waals surface area (Å²) < 4.78 is 0. The van der Waals surface area contributed by atoms with Gasteiger partial charge in [0.15, 0.2) is 0 Å². The van der Waals surface area contributed by atoms with E-state index in [0.29, 0.717) is 18.1 Å². The average Bonchev–Trinajstić information content (AvgIpc) is 2.67. The molecule has 1 aliphatic rings. The lowest BCUT2D eigenvalue weighted by Crippen LogP contribution is -2.34. The zero-order valence-electron chi connectivity index (χ0n) is 14.1. The number of aliphatic hydroxyl groups is 1. The van der Waals surface area contributed by atoms with Crippen molar-refractivity contribution in [3.63, 3.8) is 0 Å². The highest BCUT2D eigenvalue weighted by Crippen LogP contribution is 2.47. The summed E-state index contributed by atoms with van der Waals surface area (Å²) in [4.78, 5) is 4.63. The molecule has 0 fully saturated rings. The highest BCUT2D eigenvalue weighted by molar-refractivity contribution is 7.99. The first kappa shape index (κ1) is 17.3. The quantitative estimate of drug-likeness (QED) is 0.618. The van der Waals surface area contributed by atoms with Gasteiger partial charge in [0.1, 0.15) is 0 Å². The molecule has 1 heterocycles. The number of anilines is 3. The number of hydrogen-bond acceptors (Lipinski definition) is 4. The van der Waals surface area contributed by atoms with Crippen molar-refractivity contribution in [1.29, 1.82) is 0 Å². The minimum absolute atomic E-state index is 0.468. The maximum absolute atomic E-state index is 10.6. The SMILES string of the molecule is OC(CNc1ccc(Cl)cc1)CN1c2ccccc2Sc2ccccc21. The monoisotopic (exact) mass is 382 g/mol. The highest BCUT2D eigenvalue weighted by Gasteiger charge is 2.24. The van der Waals surface area contributed by atoms with E-state index in [1.54, 1.807) is 11.8 Å². The number of para-hydroxylation sites is 2. The Morgan fingerprint density at radius 3 is 2.08 bits per heavy atom. The Morgan fingerprint density at radius 1 is 0.885 bits per heavy atom. The fourth-order valence-corrected chi connectivity index (χ4v) is 4.28. The Labute approximate surface area is 162 Å². The van der Waals surface area contributed by atoms with Crippen LogP contribution >= 0.6 is 23.4 Å². The summed E-state index contributed by atoms with van der Waals surface area (Å²) in [5.74, 6) is 0. The Kier molecular flexibility index (Phi) is 5.07. The van der Waals surface area contributed by atoms with Gasteiger partial charge in [0.25, 0.3) is 0 Å². The van der Waals surface area contributed by atoms with E-state index in [9.17, 15) is 5.11 Å². The van der Waals surface area contributed by atoms with Gasteiger partial charge in [-0.2, -0.15) is 0 Å². The predicted molar refractivity (Wildman–Crippen MR) is 110 cm³/mol. The van der Waals surface area contributed by atoms with Crippen LogP contribution in [0.3, 0.4) is 0 Å². The molecule has 4 rings (SSSR count). The second kappa shape index (κ2) is 7.62. The molecule has 5 heteroatoms. The van der Waals surface area contributed by atoms with Crippen LogP contribution in [0.4, 0.5) is 17.1 Å². The molecule has 1 atom stereocenters. The molecule has 0 aromatic heterocycles. The third-order valence-electron chi connectivity index (χ3n) is 4.31. The molecular weight excluding hydrogens is 364 g/mol. The number of benzene rings is 3. The molecule has 0 aliphatic carbocycles. The van der Waals surface area contributed by atoms with Gasteiger partial charge in [-0.15, -0.1) is 0 Å². The summed E-state index contributed by atoms with van der Waals surface area (Å²) in [6, 6.07) is 24.2. The standard InChI is InChI=1S/C21H19ClN2OS/c22-15-9-11-16(12-10-15)23-13-17(25)14-24-18-5-1-3-7-20(18)26-21-8-4-2-6-19(21)24/h1-12,17,23,25H,13-14H2. The van der Waals surface area contributed by atoms with Crippen LogP contribution in [-0.4, -0.2) is 24.3 Å². The molecule has 3 aromatic rings. The number of hydrogen-bond donors (Lipinski definition) is 2. The summed E-state index contributed by atoms with van der Waals surface area (Å²) >= 11 is 7.69. The Balaban J connectivity index is 1.51. The average molecular weight is 383 g/mol. The van der Waals surface area contributed by atoms with Crippen molar-refractivity contribution in [2.45, 2.75) is 15.9 Å². The molecule has 0 amide bonds. The van der Waals surface area contributed by atoms with Gasteiger partial charge in [-0.05, 0) is 48.5 Å². The molecule has 132 valence electrons. The van der Waals surface area contributed by atoms with E-state index >= 15 is 0 Å². The minimum atomic E-state index is -0.519. The molecule has 3 nitrogen and oxygen atoms in total. The normalized spacial score (nSPS) is 13.7. The number of halogens is 1. The molecular formula is C21H19ClN2OS. The van der Waals surface area contributed by atoms with Gasteiger partial charge in [-0.3, -0.25) is 0 Å². The molecule has 0 spiro atoms. The minimum Gasteiger partial charge on any atom is -0.389 e. The van der Waals surface area contributed by atoms with Gasteiger partial charge in [-0.1, -0.05) is 47.6 Å². The Bertz CT molecular complexity index is 855. The molecule has 2 N–H and O–H groups in total. The van der Waals surface area contributed by atoms with Crippen molar-refractivity contribution in [3.8, 4) is 0 Å². The van der Waals surface area contributed by atoms with E-state index in [0.717, 1.165) is 17.1 Å². The van der Waals surface area contributed by atoms with Crippen LogP contribution in [-0.2, 0) is 0 Å². The first-order valence-electron chi connectivity index (χ1n) is 8.51. The molecule has 1 aliphatic heterocycles. The maximum Gasteiger partial charge on any atom is 0.0891 e. The Morgan fingerprint density at radius 2 is 1.46 bits per heavy atom. The van der Waals surface area contributed by atoms with Crippen LogP contribution in [0.2, 0.25) is 5.02 Å². The number of β-amino-alcohol motifs (C(OH)–C–C–N with tert-alkyl or cyclic N) is 1. The van der Waals surface area contributed by atoms with Crippen molar-refractivity contribution in [1.82, 2.24) is 0 Å². The fraction of sp³-hybridized carbons (Fsp3) is 0.143. The number of nitrogens with one attached hydrogen (secondary N) is 1. The largest absolute Gasteiger partial charge is 0.389 e. The van der Waals surface area contributed by atoms with Crippen molar-refractivity contribution in [2.75, 3.05) is 23.3 Å².